The smallest absolute Gasteiger partial charge is 0.00669 e. The predicted molar refractivity (Wildman–Crippen MR) is 77.5 cm³/mol. The van der Waals surface area contributed by atoms with Crippen molar-refractivity contribution in [2.75, 3.05) is 13.1 Å². The maximum absolute atomic E-state index is 2.68. The van der Waals surface area contributed by atoms with E-state index in [1.54, 1.807) is 0 Å². The van der Waals surface area contributed by atoms with Crippen LogP contribution in [0.5, 0.6) is 0 Å². The predicted octanol–water partition coefficient (Wildman–Crippen LogP) is 5.00. The number of hydrogen-bond donors (Lipinski definition) is 0. The molecule has 0 bridgehead atoms. The first kappa shape index (κ1) is 15.0. The molecule has 1 heterocycles. The monoisotopic (exact) mass is 239 g/mol. The van der Waals surface area contributed by atoms with Crippen LogP contribution >= 0.6 is 0 Å². The molecular weight excluding hydrogens is 206 g/mol. The van der Waals surface area contributed by atoms with Crippen LogP contribution in [0.2, 0.25) is 0 Å². The molecule has 1 atom stereocenters. The summed E-state index contributed by atoms with van der Waals surface area (Å²) in [6.07, 6.45) is 15.9. The molecule has 1 fully saturated rings. The second kappa shape index (κ2) is 9.94. The van der Waals surface area contributed by atoms with E-state index in [2.05, 4.69) is 18.7 Å². The minimum atomic E-state index is 0.845. The van der Waals surface area contributed by atoms with Gasteiger partial charge in [0.2, 0.25) is 0 Å². The normalized spacial score (nSPS) is 18.7. The van der Waals surface area contributed by atoms with Crippen molar-refractivity contribution in [1.82, 2.24) is 4.90 Å². The fourth-order valence-electron chi connectivity index (χ4n) is 2.94. The lowest BCUT2D eigenvalue weighted by Crippen LogP contribution is -2.29. The van der Waals surface area contributed by atoms with E-state index in [0.717, 1.165) is 6.04 Å². The molecule has 102 valence electrons. The van der Waals surface area contributed by atoms with Crippen molar-refractivity contribution >= 4 is 0 Å². The molecule has 0 aliphatic carbocycles. The highest BCUT2D eigenvalue weighted by atomic mass is 15.2. The second-order valence-electron chi connectivity index (χ2n) is 5.86. The summed E-state index contributed by atoms with van der Waals surface area (Å²) in [6, 6.07) is 0.845. The minimum Gasteiger partial charge on any atom is -0.301 e. The topological polar surface area (TPSA) is 3.24 Å². The van der Waals surface area contributed by atoms with Gasteiger partial charge in [0.15, 0.2) is 0 Å². The van der Waals surface area contributed by atoms with Crippen LogP contribution in [0.1, 0.15) is 84.5 Å². The molecule has 0 amide bonds. The molecular formula is C16H33N. The highest BCUT2D eigenvalue weighted by Crippen LogP contribution is 2.17. The van der Waals surface area contributed by atoms with Crippen LogP contribution in [0.15, 0.2) is 0 Å². The van der Waals surface area contributed by atoms with Crippen molar-refractivity contribution in [2.45, 2.75) is 90.5 Å². The highest BCUT2D eigenvalue weighted by molar-refractivity contribution is 4.72. The molecule has 1 aliphatic heterocycles. The Morgan fingerprint density at radius 2 is 1.35 bits per heavy atom. The summed E-state index contributed by atoms with van der Waals surface area (Å²) in [4.78, 5) is 2.68. The van der Waals surface area contributed by atoms with E-state index in [9.17, 15) is 0 Å². The first-order valence-corrected chi connectivity index (χ1v) is 8.08. The number of unbranched alkanes of at least 4 members (excludes halogenated alkanes) is 7. The minimum absolute atomic E-state index is 0.845. The molecule has 0 aromatic carbocycles. The van der Waals surface area contributed by atoms with E-state index >= 15 is 0 Å². The third kappa shape index (κ3) is 7.08. The zero-order valence-electron chi connectivity index (χ0n) is 12.2. The van der Waals surface area contributed by atoms with Crippen molar-refractivity contribution in [3.8, 4) is 0 Å². The van der Waals surface area contributed by atoms with E-state index < -0.39 is 0 Å². The van der Waals surface area contributed by atoms with Crippen LogP contribution in [0.4, 0.5) is 0 Å². The van der Waals surface area contributed by atoms with Crippen LogP contribution in [-0.4, -0.2) is 24.0 Å². The lowest BCUT2D eigenvalue weighted by atomic mass is 10.0. The standard InChI is InChI=1S/C16H33N/c1-3-4-5-6-7-8-9-10-13-16(2)17-14-11-12-15-17/h16H,3-15H2,1-2H3. The fraction of sp³-hybridized carbons (Fsp3) is 1.00. The molecule has 0 aromatic rings. The summed E-state index contributed by atoms with van der Waals surface area (Å²) in [5.41, 5.74) is 0. The van der Waals surface area contributed by atoms with Gasteiger partial charge in [0, 0.05) is 6.04 Å². The van der Waals surface area contributed by atoms with Crippen LogP contribution in [0.3, 0.4) is 0 Å². The van der Waals surface area contributed by atoms with Crippen LogP contribution < -0.4 is 0 Å². The van der Waals surface area contributed by atoms with Crippen LogP contribution in [0, 0.1) is 0 Å². The molecule has 1 nitrogen and oxygen atoms in total. The van der Waals surface area contributed by atoms with Crippen molar-refractivity contribution in [2.24, 2.45) is 0 Å². The Kier molecular flexibility index (Phi) is 8.78. The summed E-state index contributed by atoms with van der Waals surface area (Å²) in [5, 5.41) is 0. The summed E-state index contributed by atoms with van der Waals surface area (Å²) < 4.78 is 0. The van der Waals surface area contributed by atoms with Crippen molar-refractivity contribution < 1.29 is 0 Å². The summed E-state index contributed by atoms with van der Waals surface area (Å²) in [7, 11) is 0. The van der Waals surface area contributed by atoms with Gasteiger partial charge in [-0.1, -0.05) is 58.3 Å². The van der Waals surface area contributed by atoms with Crippen LogP contribution in [-0.2, 0) is 0 Å². The average Bonchev–Trinajstić information content (AvgIpc) is 2.86. The van der Waals surface area contributed by atoms with Gasteiger partial charge in [-0.15, -0.1) is 0 Å². The number of hydrogen-bond acceptors (Lipinski definition) is 1. The SMILES string of the molecule is CCCCCCCCCCC(C)N1CCCC1. The molecule has 0 aromatic heterocycles. The maximum Gasteiger partial charge on any atom is 0.00669 e. The number of rotatable bonds is 10. The molecule has 1 unspecified atom stereocenters. The lowest BCUT2D eigenvalue weighted by Gasteiger charge is -2.23. The van der Waals surface area contributed by atoms with Gasteiger partial charge in [0.1, 0.15) is 0 Å². The van der Waals surface area contributed by atoms with Crippen molar-refractivity contribution in [1.29, 1.82) is 0 Å². The Morgan fingerprint density at radius 1 is 0.824 bits per heavy atom. The van der Waals surface area contributed by atoms with Gasteiger partial charge in [-0.2, -0.15) is 0 Å². The molecule has 1 heteroatoms. The van der Waals surface area contributed by atoms with E-state index in [-0.39, 0.29) is 0 Å². The Morgan fingerprint density at radius 3 is 1.94 bits per heavy atom. The molecule has 0 saturated carbocycles. The van der Waals surface area contributed by atoms with Crippen LogP contribution in [0.25, 0.3) is 0 Å². The second-order valence-corrected chi connectivity index (χ2v) is 5.86. The molecule has 1 rings (SSSR count). The Bertz CT molecular complexity index is 161. The van der Waals surface area contributed by atoms with Crippen molar-refractivity contribution in [3.05, 3.63) is 0 Å². The zero-order chi connectivity index (χ0) is 12.3. The molecule has 1 saturated heterocycles. The van der Waals surface area contributed by atoms with Gasteiger partial charge in [-0.25, -0.2) is 0 Å². The van der Waals surface area contributed by atoms with Gasteiger partial charge in [0.05, 0.1) is 0 Å². The molecule has 17 heavy (non-hydrogen) atoms. The number of likely N-dealkylation sites (tertiary alicyclic amines) is 1. The zero-order valence-corrected chi connectivity index (χ0v) is 12.2. The first-order chi connectivity index (χ1) is 8.34. The molecule has 0 radical (unpaired) electrons. The Hall–Kier alpha value is -0.0400. The van der Waals surface area contributed by atoms with E-state index in [4.69, 9.17) is 0 Å². The maximum atomic E-state index is 2.68. The van der Waals surface area contributed by atoms with E-state index in [1.807, 2.05) is 0 Å². The summed E-state index contributed by atoms with van der Waals surface area (Å²) in [5.74, 6) is 0. The van der Waals surface area contributed by atoms with E-state index in [0.29, 0.717) is 0 Å². The fourth-order valence-corrected chi connectivity index (χ4v) is 2.94. The molecule has 0 spiro atoms. The summed E-state index contributed by atoms with van der Waals surface area (Å²) >= 11 is 0. The van der Waals surface area contributed by atoms with Gasteiger partial charge >= 0.3 is 0 Å². The van der Waals surface area contributed by atoms with Gasteiger partial charge in [0.25, 0.3) is 0 Å². The van der Waals surface area contributed by atoms with Crippen molar-refractivity contribution in [3.63, 3.8) is 0 Å². The van der Waals surface area contributed by atoms with Gasteiger partial charge < -0.3 is 4.90 Å². The highest BCUT2D eigenvalue weighted by Gasteiger charge is 2.16. The third-order valence-electron chi connectivity index (χ3n) is 4.24. The number of nitrogens with zero attached hydrogens (tertiary/aromatic N) is 1. The largest absolute Gasteiger partial charge is 0.301 e. The Labute approximate surface area is 109 Å². The first-order valence-electron chi connectivity index (χ1n) is 8.08. The summed E-state index contributed by atoms with van der Waals surface area (Å²) in [6.45, 7) is 7.43. The quantitative estimate of drug-likeness (QED) is 0.485. The average molecular weight is 239 g/mol. The van der Waals surface area contributed by atoms with Gasteiger partial charge in [-0.05, 0) is 39.3 Å². The third-order valence-corrected chi connectivity index (χ3v) is 4.24. The van der Waals surface area contributed by atoms with E-state index in [1.165, 1.54) is 83.7 Å². The lowest BCUT2D eigenvalue weighted by molar-refractivity contribution is 0.242. The Balaban J connectivity index is 1.83. The molecule has 0 N–H and O–H groups in total. The molecule has 1 aliphatic rings. The van der Waals surface area contributed by atoms with Gasteiger partial charge in [-0.3, -0.25) is 0 Å².